The normalized spacial score (nSPS) is 13.3. The molecule has 0 saturated carbocycles. The minimum absolute atomic E-state index is 0.114. The number of carbonyl (C=O) groups excluding carboxylic acids is 2. The standard InChI is InChI=1S/C19H31N3O4/c1-12(2)26-11-16-7-15(10-25-6)8-17(9-16)22-19(24)14(4)21-18(23)13(3)20-5/h7-9,12-14,20H,10-11H2,1-6H3,(H,21,23)(H,22,24)/t13-,14-/m0/s1. The summed E-state index contributed by atoms with van der Waals surface area (Å²) in [7, 11) is 3.31. The second-order valence-electron chi connectivity index (χ2n) is 6.56. The van der Waals surface area contributed by atoms with Crippen molar-refractivity contribution in [1.29, 1.82) is 0 Å². The average Bonchev–Trinajstić information content (AvgIpc) is 2.59. The summed E-state index contributed by atoms with van der Waals surface area (Å²) in [6.45, 7) is 8.21. The molecule has 1 rings (SSSR count). The SMILES string of the molecule is CN[C@@H](C)C(=O)N[C@@H](C)C(=O)Nc1cc(COC)cc(COC(C)C)c1. The highest BCUT2D eigenvalue weighted by atomic mass is 16.5. The van der Waals surface area contributed by atoms with Crippen molar-refractivity contribution in [2.45, 2.75) is 59.1 Å². The van der Waals surface area contributed by atoms with Gasteiger partial charge in [-0.25, -0.2) is 0 Å². The zero-order chi connectivity index (χ0) is 19.7. The second kappa shape index (κ2) is 10.9. The van der Waals surface area contributed by atoms with Crippen LogP contribution in [0.25, 0.3) is 0 Å². The van der Waals surface area contributed by atoms with Crippen LogP contribution in [0.5, 0.6) is 0 Å². The minimum atomic E-state index is -0.653. The third-order valence-electron chi connectivity index (χ3n) is 3.79. The van der Waals surface area contributed by atoms with E-state index >= 15 is 0 Å². The number of methoxy groups -OCH3 is 1. The lowest BCUT2D eigenvalue weighted by molar-refractivity contribution is -0.127. The van der Waals surface area contributed by atoms with Gasteiger partial charge in [0.2, 0.25) is 11.8 Å². The van der Waals surface area contributed by atoms with Crippen LogP contribution in [0.3, 0.4) is 0 Å². The fourth-order valence-electron chi connectivity index (χ4n) is 2.22. The van der Waals surface area contributed by atoms with Crippen LogP contribution < -0.4 is 16.0 Å². The fraction of sp³-hybridized carbons (Fsp3) is 0.579. The first kappa shape index (κ1) is 22.1. The second-order valence-corrected chi connectivity index (χ2v) is 6.56. The minimum Gasteiger partial charge on any atom is -0.380 e. The summed E-state index contributed by atoms with van der Waals surface area (Å²) in [5.74, 6) is -0.513. The van der Waals surface area contributed by atoms with Gasteiger partial charge in [-0.05, 0) is 58.0 Å². The number of anilines is 1. The molecule has 1 aromatic rings. The molecule has 0 saturated heterocycles. The molecular formula is C19H31N3O4. The molecule has 146 valence electrons. The molecule has 7 heteroatoms. The van der Waals surface area contributed by atoms with E-state index in [9.17, 15) is 9.59 Å². The summed E-state index contributed by atoms with van der Waals surface area (Å²) >= 11 is 0. The van der Waals surface area contributed by atoms with Gasteiger partial charge in [-0.1, -0.05) is 6.07 Å². The van der Waals surface area contributed by atoms with Gasteiger partial charge in [0.15, 0.2) is 0 Å². The first-order chi connectivity index (χ1) is 12.3. The number of benzene rings is 1. The number of likely N-dealkylation sites (N-methyl/N-ethyl adjacent to an activating group) is 1. The Hall–Kier alpha value is -1.96. The molecule has 0 heterocycles. The van der Waals surface area contributed by atoms with Crippen LogP contribution in [-0.2, 0) is 32.3 Å². The molecule has 0 bridgehead atoms. The van der Waals surface area contributed by atoms with Gasteiger partial charge in [-0.2, -0.15) is 0 Å². The number of hydrogen-bond acceptors (Lipinski definition) is 5. The van der Waals surface area contributed by atoms with E-state index in [1.54, 1.807) is 28.0 Å². The largest absolute Gasteiger partial charge is 0.380 e. The Kier molecular flexibility index (Phi) is 9.26. The van der Waals surface area contributed by atoms with Gasteiger partial charge in [-0.15, -0.1) is 0 Å². The Morgan fingerprint density at radius 1 is 0.962 bits per heavy atom. The monoisotopic (exact) mass is 365 g/mol. The van der Waals surface area contributed by atoms with E-state index < -0.39 is 6.04 Å². The highest BCUT2D eigenvalue weighted by Gasteiger charge is 2.19. The maximum absolute atomic E-state index is 12.4. The highest BCUT2D eigenvalue weighted by Crippen LogP contribution is 2.17. The molecule has 0 fully saturated rings. The molecule has 0 unspecified atom stereocenters. The Bertz CT molecular complexity index is 604. The Balaban J connectivity index is 2.82. The summed E-state index contributed by atoms with van der Waals surface area (Å²) < 4.78 is 10.8. The van der Waals surface area contributed by atoms with E-state index in [1.165, 1.54) is 0 Å². The summed E-state index contributed by atoms with van der Waals surface area (Å²) in [4.78, 5) is 24.3. The van der Waals surface area contributed by atoms with Crippen LogP contribution in [0.1, 0.15) is 38.8 Å². The molecule has 2 amide bonds. The van der Waals surface area contributed by atoms with Crippen molar-refractivity contribution in [1.82, 2.24) is 10.6 Å². The third kappa shape index (κ3) is 7.51. The van der Waals surface area contributed by atoms with E-state index in [0.29, 0.717) is 18.9 Å². The van der Waals surface area contributed by atoms with Gasteiger partial charge in [0.25, 0.3) is 0 Å². The van der Waals surface area contributed by atoms with Crippen molar-refractivity contribution < 1.29 is 19.1 Å². The molecule has 7 nitrogen and oxygen atoms in total. The quantitative estimate of drug-likeness (QED) is 0.588. The molecule has 0 aliphatic heterocycles. The van der Waals surface area contributed by atoms with E-state index in [0.717, 1.165) is 11.1 Å². The van der Waals surface area contributed by atoms with Crippen LogP contribution in [-0.4, -0.2) is 44.2 Å². The lowest BCUT2D eigenvalue weighted by Crippen LogP contribution is -2.48. The van der Waals surface area contributed by atoms with Gasteiger partial charge in [0.05, 0.1) is 25.4 Å². The van der Waals surface area contributed by atoms with E-state index in [-0.39, 0.29) is 24.0 Å². The van der Waals surface area contributed by atoms with Crippen molar-refractivity contribution in [2.24, 2.45) is 0 Å². The van der Waals surface area contributed by atoms with E-state index in [4.69, 9.17) is 9.47 Å². The van der Waals surface area contributed by atoms with Crippen molar-refractivity contribution >= 4 is 17.5 Å². The molecule has 0 radical (unpaired) electrons. The maximum atomic E-state index is 12.4. The number of rotatable bonds is 10. The van der Waals surface area contributed by atoms with E-state index in [1.807, 2.05) is 32.0 Å². The van der Waals surface area contributed by atoms with Crippen molar-refractivity contribution in [2.75, 3.05) is 19.5 Å². The Morgan fingerprint density at radius 2 is 1.58 bits per heavy atom. The van der Waals surface area contributed by atoms with Crippen LogP contribution in [0.15, 0.2) is 18.2 Å². The number of hydrogen-bond donors (Lipinski definition) is 3. The Labute approximate surface area is 155 Å². The molecule has 0 aliphatic rings. The van der Waals surface area contributed by atoms with Gasteiger partial charge in [-0.3, -0.25) is 9.59 Å². The van der Waals surface area contributed by atoms with Crippen LogP contribution in [0.2, 0.25) is 0 Å². The predicted octanol–water partition coefficient (Wildman–Crippen LogP) is 1.81. The zero-order valence-corrected chi connectivity index (χ0v) is 16.5. The maximum Gasteiger partial charge on any atom is 0.246 e. The molecule has 26 heavy (non-hydrogen) atoms. The van der Waals surface area contributed by atoms with Gasteiger partial charge < -0.3 is 25.4 Å². The fourth-order valence-corrected chi connectivity index (χ4v) is 2.22. The van der Waals surface area contributed by atoms with Crippen LogP contribution in [0, 0.1) is 0 Å². The molecular weight excluding hydrogens is 334 g/mol. The first-order valence-electron chi connectivity index (χ1n) is 8.78. The van der Waals surface area contributed by atoms with Crippen molar-refractivity contribution in [3.05, 3.63) is 29.3 Å². The number of ether oxygens (including phenoxy) is 2. The zero-order valence-electron chi connectivity index (χ0n) is 16.5. The van der Waals surface area contributed by atoms with Crippen molar-refractivity contribution in [3.63, 3.8) is 0 Å². The number of amides is 2. The van der Waals surface area contributed by atoms with Crippen LogP contribution in [0.4, 0.5) is 5.69 Å². The summed E-state index contributed by atoms with van der Waals surface area (Å²) in [6, 6.07) is 4.69. The predicted molar refractivity (Wildman–Crippen MR) is 102 cm³/mol. The topological polar surface area (TPSA) is 88.7 Å². The van der Waals surface area contributed by atoms with E-state index in [2.05, 4.69) is 16.0 Å². The Morgan fingerprint density at radius 3 is 2.12 bits per heavy atom. The molecule has 2 atom stereocenters. The molecule has 0 aromatic heterocycles. The lowest BCUT2D eigenvalue weighted by atomic mass is 10.1. The van der Waals surface area contributed by atoms with Gasteiger partial charge in [0, 0.05) is 12.8 Å². The van der Waals surface area contributed by atoms with Crippen LogP contribution >= 0.6 is 0 Å². The molecule has 0 spiro atoms. The smallest absolute Gasteiger partial charge is 0.246 e. The van der Waals surface area contributed by atoms with Gasteiger partial charge in [0.1, 0.15) is 6.04 Å². The first-order valence-corrected chi connectivity index (χ1v) is 8.78. The molecule has 0 aliphatic carbocycles. The average molecular weight is 365 g/mol. The number of nitrogens with one attached hydrogen (secondary N) is 3. The summed E-state index contributed by atoms with van der Waals surface area (Å²) in [5, 5.41) is 8.37. The third-order valence-corrected chi connectivity index (χ3v) is 3.79. The molecule has 1 aromatic carbocycles. The highest BCUT2D eigenvalue weighted by molar-refractivity contribution is 5.97. The summed E-state index contributed by atoms with van der Waals surface area (Å²) in [6.07, 6.45) is 0.114. The summed E-state index contributed by atoms with van der Waals surface area (Å²) in [5.41, 5.74) is 2.53. The number of carbonyl (C=O) groups is 2. The lowest BCUT2D eigenvalue weighted by Gasteiger charge is -2.18. The van der Waals surface area contributed by atoms with Crippen molar-refractivity contribution in [3.8, 4) is 0 Å². The molecule has 3 N–H and O–H groups in total. The van der Waals surface area contributed by atoms with Gasteiger partial charge >= 0.3 is 0 Å².